The standard InChI is InChI=1S/C23H24F3N3O3/c1-15(2)28(22(32)17-6-8-18(9-7-17)23(24,25)26)13-20(30)27-12-21(31)29(14-27)19-10-4-16(3)5-11-19/h4-11,15H,12-14H2,1-3H3. The van der Waals surface area contributed by atoms with Crippen LogP contribution >= 0.6 is 0 Å². The first-order chi connectivity index (χ1) is 15.0. The highest BCUT2D eigenvalue weighted by atomic mass is 19.4. The molecule has 0 radical (unpaired) electrons. The Morgan fingerprint density at radius 1 is 1.03 bits per heavy atom. The Balaban J connectivity index is 1.70. The maximum atomic E-state index is 12.9. The minimum absolute atomic E-state index is 0.0540. The van der Waals surface area contributed by atoms with Crippen molar-refractivity contribution in [3.8, 4) is 0 Å². The lowest BCUT2D eigenvalue weighted by atomic mass is 10.1. The number of nitrogens with zero attached hydrogens (tertiary/aromatic N) is 3. The molecule has 0 bridgehead atoms. The third-order valence-corrected chi connectivity index (χ3v) is 5.29. The number of halogens is 3. The quantitative estimate of drug-likeness (QED) is 0.702. The van der Waals surface area contributed by atoms with Gasteiger partial charge in [0.25, 0.3) is 5.91 Å². The summed E-state index contributed by atoms with van der Waals surface area (Å²) in [4.78, 5) is 42.3. The highest BCUT2D eigenvalue weighted by Crippen LogP contribution is 2.29. The third kappa shape index (κ3) is 5.09. The van der Waals surface area contributed by atoms with Crippen molar-refractivity contribution in [3.05, 3.63) is 65.2 Å². The zero-order chi connectivity index (χ0) is 23.6. The van der Waals surface area contributed by atoms with E-state index in [1.165, 1.54) is 14.7 Å². The first-order valence-corrected chi connectivity index (χ1v) is 10.1. The highest BCUT2D eigenvalue weighted by molar-refractivity contribution is 6.01. The summed E-state index contributed by atoms with van der Waals surface area (Å²) >= 11 is 0. The minimum Gasteiger partial charge on any atom is -0.327 e. The van der Waals surface area contributed by atoms with Gasteiger partial charge in [0.15, 0.2) is 0 Å². The van der Waals surface area contributed by atoms with Gasteiger partial charge in [0, 0.05) is 17.3 Å². The van der Waals surface area contributed by atoms with Gasteiger partial charge in [-0.05, 0) is 57.2 Å². The van der Waals surface area contributed by atoms with E-state index in [4.69, 9.17) is 0 Å². The fourth-order valence-corrected chi connectivity index (χ4v) is 3.37. The van der Waals surface area contributed by atoms with E-state index in [1.54, 1.807) is 26.0 Å². The maximum Gasteiger partial charge on any atom is 0.416 e. The summed E-state index contributed by atoms with van der Waals surface area (Å²) < 4.78 is 38.3. The Hall–Kier alpha value is -3.36. The molecule has 170 valence electrons. The van der Waals surface area contributed by atoms with Gasteiger partial charge >= 0.3 is 6.18 Å². The number of carbonyl (C=O) groups excluding carboxylic acids is 3. The first-order valence-electron chi connectivity index (χ1n) is 10.1. The molecule has 0 atom stereocenters. The molecule has 6 nitrogen and oxygen atoms in total. The van der Waals surface area contributed by atoms with Crippen LogP contribution in [0.3, 0.4) is 0 Å². The highest BCUT2D eigenvalue weighted by Gasteiger charge is 2.34. The van der Waals surface area contributed by atoms with Crippen LogP contribution in [-0.2, 0) is 15.8 Å². The average molecular weight is 447 g/mol. The maximum absolute atomic E-state index is 12.9. The van der Waals surface area contributed by atoms with Crippen molar-refractivity contribution in [3.63, 3.8) is 0 Å². The molecule has 9 heteroatoms. The van der Waals surface area contributed by atoms with E-state index in [0.717, 1.165) is 29.8 Å². The Morgan fingerprint density at radius 3 is 2.16 bits per heavy atom. The summed E-state index contributed by atoms with van der Waals surface area (Å²) in [5.41, 5.74) is 0.923. The molecule has 2 aromatic rings. The van der Waals surface area contributed by atoms with Crippen LogP contribution in [0.1, 0.15) is 35.3 Å². The van der Waals surface area contributed by atoms with Crippen molar-refractivity contribution in [1.29, 1.82) is 0 Å². The van der Waals surface area contributed by atoms with Gasteiger partial charge in [-0.1, -0.05) is 17.7 Å². The second-order valence-corrected chi connectivity index (χ2v) is 7.99. The lowest BCUT2D eigenvalue weighted by Gasteiger charge is -2.28. The van der Waals surface area contributed by atoms with Gasteiger partial charge < -0.3 is 9.80 Å². The van der Waals surface area contributed by atoms with E-state index < -0.39 is 23.6 Å². The number of alkyl halides is 3. The molecular formula is C23H24F3N3O3. The molecule has 1 fully saturated rings. The Kier molecular flexibility index (Phi) is 6.57. The number of hydrogen-bond acceptors (Lipinski definition) is 3. The molecule has 0 saturated carbocycles. The molecule has 0 aliphatic carbocycles. The molecule has 1 aliphatic heterocycles. The normalized spacial score (nSPS) is 14.3. The molecular weight excluding hydrogens is 423 g/mol. The molecule has 32 heavy (non-hydrogen) atoms. The van der Waals surface area contributed by atoms with Crippen LogP contribution in [0.15, 0.2) is 48.5 Å². The molecule has 2 aromatic carbocycles. The number of hydrogen-bond donors (Lipinski definition) is 0. The average Bonchev–Trinajstić information content (AvgIpc) is 3.13. The molecule has 3 rings (SSSR count). The molecule has 1 heterocycles. The molecule has 1 saturated heterocycles. The second-order valence-electron chi connectivity index (χ2n) is 7.99. The lowest BCUT2D eigenvalue weighted by Crippen LogP contribution is -2.45. The Bertz CT molecular complexity index is 1000. The molecule has 0 aromatic heterocycles. The minimum atomic E-state index is -4.50. The lowest BCUT2D eigenvalue weighted by molar-refractivity contribution is -0.137. The number of rotatable bonds is 5. The van der Waals surface area contributed by atoms with Crippen molar-refractivity contribution in [2.45, 2.75) is 33.0 Å². The van der Waals surface area contributed by atoms with Crippen LogP contribution in [0, 0.1) is 6.92 Å². The topological polar surface area (TPSA) is 60.9 Å². The van der Waals surface area contributed by atoms with Gasteiger partial charge in [-0.25, -0.2) is 0 Å². The van der Waals surface area contributed by atoms with E-state index in [-0.39, 0.29) is 37.3 Å². The zero-order valence-corrected chi connectivity index (χ0v) is 18.0. The number of carbonyl (C=O) groups is 3. The molecule has 0 spiro atoms. The van der Waals surface area contributed by atoms with Crippen LogP contribution in [0.2, 0.25) is 0 Å². The summed E-state index contributed by atoms with van der Waals surface area (Å²) in [6.07, 6.45) is -4.50. The van der Waals surface area contributed by atoms with E-state index >= 15 is 0 Å². The number of amides is 3. The smallest absolute Gasteiger partial charge is 0.327 e. The van der Waals surface area contributed by atoms with Crippen molar-refractivity contribution in [2.75, 3.05) is 24.7 Å². The summed E-state index contributed by atoms with van der Waals surface area (Å²) in [7, 11) is 0. The van der Waals surface area contributed by atoms with Crippen LogP contribution in [-0.4, -0.2) is 53.3 Å². The third-order valence-electron chi connectivity index (χ3n) is 5.29. The SMILES string of the molecule is Cc1ccc(N2CN(C(=O)CN(C(=O)c3ccc(C(F)(F)F)cc3)C(C)C)CC2=O)cc1. The van der Waals surface area contributed by atoms with Crippen molar-refractivity contribution in [2.24, 2.45) is 0 Å². The second kappa shape index (κ2) is 9.02. The molecule has 1 aliphatic rings. The summed E-state index contributed by atoms with van der Waals surface area (Å²) in [6, 6.07) is 10.9. The zero-order valence-electron chi connectivity index (χ0n) is 18.0. The van der Waals surface area contributed by atoms with Gasteiger partial charge in [0.2, 0.25) is 11.8 Å². The number of anilines is 1. The van der Waals surface area contributed by atoms with E-state index in [2.05, 4.69) is 0 Å². The van der Waals surface area contributed by atoms with E-state index in [1.807, 2.05) is 19.1 Å². The molecule has 0 N–H and O–H groups in total. The van der Waals surface area contributed by atoms with E-state index in [0.29, 0.717) is 5.69 Å². The van der Waals surface area contributed by atoms with Gasteiger partial charge in [-0.15, -0.1) is 0 Å². The van der Waals surface area contributed by atoms with Crippen LogP contribution in [0.5, 0.6) is 0 Å². The predicted molar refractivity (Wildman–Crippen MR) is 113 cm³/mol. The molecule has 3 amide bonds. The summed E-state index contributed by atoms with van der Waals surface area (Å²) in [5, 5.41) is 0. The van der Waals surface area contributed by atoms with Gasteiger partial charge in [-0.2, -0.15) is 13.2 Å². The van der Waals surface area contributed by atoms with Gasteiger partial charge in [0.05, 0.1) is 5.56 Å². The fraction of sp³-hybridized carbons (Fsp3) is 0.348. The van der Waals surface area contributed by atoms with E-state index in [9.17, 15) is 27.6 Å². The van der Waals surface area contributed by atoms with Crippen molar-refractivity contribution in [1.82, 2.24) is 9.80 Å². The summed E-state index contributed by atoms with van der Waals surface area (Å²) in [5.74, 6) is -1.20. The first kappa shape index (κ1) is 23.3. The Morgan fingerprint density at radius 2 is 1.62 bits per heavy atom. The monoisotopic (exact) mass is 447 g/mol. The largest absolute Gasteiger partial charge is 0.416 e. The van der Waals surface area contributed by atoms with Gasteiger partial charge in [-0.3, -0.25) is 19.3 Å². The number of benzene rings is 2. The van der Waals surface area contributed by atoms with Crippen molar-refractivity contribution < 1.29 is 27.6 Å². The predicted octanol–water partition coefficient (Wildman–Crippen LogP) is 3.70. The summed E-state index contributed by atoms with van der Waals surface area (Å²) in [6.45, 7) is 5.03. The Labute approximate surface area is 184 Å². The number of aryl methyl sites for hydroxylation is 1. The van der Waals surface area contributed by atoms with Gasteiger partial charge in [0.1, 0.15) is 19.8 Å². The fourth-order valence-electron chi connectivity index (χ4n) is 3.37. The van der Waals surface area contributed by atoms with Crippen molar-refractivity contribution >= 4 is 23.4 Å². The van der Waals surface area contributed by atoms with Crippen LogP contribution in [0.4, 0.5) is 18.9 Å². The van der Waals surface area contributed by atoms with Crippen LogP contribution < -0.4 is 4.90 Å². The van der Waals surface area contributed by atoms with Crippen LogP contribution in [0.25, 0.3) is 0 Å². The molecule has 0 unspecified atom stereocenters.